The van der Waals surface area contributed by atoms with E-state index in [4.69, 9.17) is 17.3 Å². The Bertz CT molecular complexity index is 728. The molecule has 0 fully saturated rings. The number of benzene rings is 2. The number of halogens is 1. The molecule has 3 N–H and O–H groups in total. The maximum Gasteiger partial charge on any atom is 0.261 e. The van der Waals surface area contributed by atoms with E-state index in [9.17, 15) is 8.42 Å². The highest BCUT2D eigenvalue weighted by Crippen LogP contribution is 2.24. The molecule has 0 heterocycles. The highest BCUT2D eigenvalue weighted by atomic mass is 35.5. The van der Waals surface area contributed by atoms with Crippen LogP contribution < -0.4 is 10.5 Å². The van der Waals surface area contributed by atoms with Crippen molar-refractivity contribution in [3.63, 3.8) is 0 Å². The van der Waals surface area contributed by atoms with Crippen LogP contribution >= 0.6 is 11.6 Å². The van der Waals surface area contributed by atoms with Crippen molar-refractivity contribution in [2.45, 2.75) is 24.7 Å². The summed E-state index contributed by atoms with van der Waals surface area (Å²) in [6, 6.07) is 11.5. The first-order valence-corrected chi connectivity index (χ1v) is 8.45. The average Bonchev–Trinajstić information content (AvgIpc) is 2.44. The molecule has 0 aliphatic rings. The summed E-state index contributed by atoms with van der Waals surface area (Å²) in [4.78, 5) is 0.218. The van der Waals surface area contributed by atoms with E-state index in [-0.39, 0.29) is 4.90 Å². The number of nitrogens with two attached hydrogens (primary N) is 1. The Morgan fingerprint density at radius 3 is 2.38 bits per heavy atom. The minimum absolute atomic E-state index is 0.218. The zero-order chi connectivity index (χ0) is 15.5. The van der Waals surface area contributed by atoms with Crippen molar-refractivity contribution in [1.29, 1.82) is 0 Å². The number of hydrogen-bond donors (Lipinski definition) is 2. The normalized spacial score (nSPS) is 11.3. The standard InChI is InChI=1S/C15H17ClN2O2S/c1-2-3-11-4-7-13(8-5-11)21(19,20)18-12-6-9-15(17)14(16)10-12/h4-10,18H,2-3,17H2,1H3. The molecule has 2 rings (SSSR count). The molecule has 0 radical (unpaired) electrons. The van der Waals surface area contributed by atoms with Crippen molar-refractivity contribution < 1.29 is 8.42 Å². The Hall–Kier alpha value is -1.72. The molecule has 0 aliphatic heterocycles. The molecule has 0 spiro atoms. The van der Waals surface area contributed by atoms with E-state index in [2.05, 4.69) is 11.6 Å². The smallest absolute Gasteiger partial charge is 0.261 e. The summed E-state index contributed by atoms with van der Waals surface area (Å²) < 4.78 is 27.0. The van der Waals surface area contributed by atoms with E-state index in [1.165, 1.54) is 6.07 Å². The van der Waals surface area contributed by atoms with Crippen molar-refractivity contribution >= 4 is 33.0 Å². The van der Waals surface area contributed by atoms with Crippen LogP contribution in [0.2, 0.25) is 5.02 Å². The van der Waals surface area contributed by atoms with E-state index in [0.717, 1.165) is 18.4 Å². The van der Waals surface area contributed by atoms with E-state index >= 15 is 0 Å². The molecule has 0 aliphatic carbocycles. The molecule has 21 heavy (non-hydrogen) atoms. The van der Waals surface area contributed by atoms with Gasteiger partial charge in [0.1, 0.15) is 0 Å². The van der Waals surface area contributed by atoms with Crippen molar-refractivity contribution in [2.75, 3.05) is 10.5 Å². The fraction of sp³-hybridized carbons (Fsp3) is 0.200. The monoisotopic (exact) mass is 324 g/mol. The highest BCUT2D eigenvalue weighted by Gasteiger charge is 2.14. The lowest BCUT2D eigenvalue weighted by Crippen LogP contribution is -2.13. The topological polar surface area (TPSA) is 72.2 Å². The lowest BCUT2D eigenvalue weighted by atomic mass is 10.1. The van der Waals surface area contributed by atoms with Crippen LogP contribution in [0, 0.1) is 0 Å². The summed E-state index contributed by atoms with van der Waals surface area (Å²) in [5, 5.41) is 0.313. The van der Waals surface area contributed by atoms with Gasteiger partial charge in [0, 0.05) is 0 Å². The maximum absolute atomic E-state index is 12.3. The average molecular weight is 325 g/mol. The van der Waals surface area contributed by atoms with Gasteiger partial charge in [-0.25, -0.2) is 8.42 Å². The number of sulfonamides is 1. The predicted molar refractivity (Wildman–Crippen MR) is 87.1 cm³/mol. The minimum Gasteiger partial charge on any atom is -0.398 e. The lowest BCUT2D eigenvalue weighted by molar-refractivity contribution is 0.601. The van der Waals surface area contributed by atoms with Gasteiger partial charge in [0.15, 0.2) is 0 Å². The molecule has 2 aromatic carbocycles. The first-order chi connectivity index (χ1) is 9.92. The van der Waals surface area contributed by atoms with Crippen molar-refractivity contribution in [3.8, 4) is 0 Å². The molecule has 0 aromatic heterocycles. The van der Waals surface area contributed by atoms with Crippen LogP contribution in [0.5, 0.6) is 0 Å². The van der Waals surface area contributed by atoms with E-state index in [0.29, 0.717) is 16.4 Å². The summed E-state index contributed by atoms with van der Waals surface area (Å²) in [5.74, 6) is 0. The second kappa shape index (κ2) is 6.37. The van der Waals surface area contributed by atoms with Gasteiger partial charge in [-0.2, -0.15) is 0 Å². The molecule has 0 atom stereocenters. The van der Waals surface area contributed by atoms with Crippen LogP contribution in [0.15, 0.2) is 47.4 Å². The Labute approximate surface area is 130 Å². The van der Waals surface area contributed by atoms with E-state index < -0.39 is 10.0 Å². The molecule has 112 valence electrons. The number of aryl methyl sites for hydroxylation is 1. The quantitative estimate of drug-likeness (QED) is 0.824. The molecule has 0 unspecified atom stereocenters. The highest BCUT2D eigenvalue weighted by molar-refractivity contribution is 7.92. The number of rotatable bonds is 5. The molecule has 0 saturated carbocycles. The Kier molecular flexibility index (Phi) is 4.75. The van der Waals surface area contributed by atoms with Gasteiger partial charge in [0.05, 0.1) is 21.3 Å². The molecule has 4 nitrogen and oxygen atoms in total. The summed E-state index contributed by atoms with van der Waals surface area (Å²) in [7, 11) is -3.62. The minimum atomic E-state index is -3.62. The first-order valence-electron chi connectivity index (χ1n) is 6.59. The van der Waals surface area contributed by atoms with Gasteiger partial charge < -0.3 is 5.73 Å². The van der Waals surface area contributed by atoms with E-state index in [1.54, 1.807) is 24.3 Å². The third-order valence-corrected chi connectivity index (χ3v) is 4.75. The Morgan fingerprint density at radius 1 is 1.14 bits per heavy atom. The van der Waals surface area contributed by atoms with Crippen LogP contribution in [-0.4, -0.2) is 8.42 Å². The predicted octanol–water partition coefficient (Wildman–Crippen LogP) is 3.68. The summed E-state index contributed by atoms with van der Waals surface area (Å²) in [5.41, 5.74) is 7.50. The van der Waals surface area contributed by atoms with Gasteiger partial charge >= 0.3 is 0 Å². The zero-order valence-corrected chi connectivity index (χ0v) is 13.2. The molecule has 0 saturated heterocycles. The Balaban J connectivity index is 2.23. The van der Waals surface area contributed by atoms with Crippen molar-refractivity contribution in [1.82, 2.24) is 0 Å². The van der Waals surface area contributed by atoms with Crippen LogP contribution in [0.3, 0.4) is 0 Å². The molecule has 0 amide bonds. The SMILES string of the molecule is CCCc1ccc(S(=O)(=O)Nc2ccc(N)c(Cl)c2)cc1. The van der Waals surface area contributed by atoms with Crippen molar-refractivity contribution in [2.24, 2.45) is 0 Å². The van der Waals surface area contributed by atoms with Gasteiger partial charge in [-0.05, 0) is 42.3 Å². The van der Waals surface area contributed by atoms with E-state index in [1.807, 2.05) is 12.1 Å². The fourth-order valence-corrected chi connectivity index (χ4v) is 3.16. The summed E-state index contributed by atoms with van der Waals surface area (Å²) in [6.45, 7) is 2.08. The third-order valence-electron chi connectivity index (χ3n) is 3.02. The summed E-state index contributed by atoms with van der Waals surface area (Å²) in [6.07, 6.45) is 1.95. The molecular weight excluding hydrogens is 308 g/mol. The van der Waals surface area contributed by atoms with Crippen molar-refractivity contribution in [3.05, 3.63) is 53.1 Å². The third kappa shape index (κ3) is 3.89. The fourth-order valence-electron chi connectivity index (χ4n) is 1.93. The molecule has 0 bridgehead atoms. The second-order valence-corrected chi connectivity index (χ2v) is 6.83. The van der Waals surface area contributed by atoms with Crippen LogP contribution in [0.4, 0.5) is 11.4 Å². The van der Waals surface area contributed by atoms with Gasteiger partial charge in [-0.3, -0.25) is 4.72 Å². The number of nitrogens with one attached hydrogen (secondary N) is 1. The number of anilines is 2. The second-order valence-electron chi connectivity index (χ2n) is 4.74. The summed E-state index contributed by atoms with van der Waals surface area (Å²) >= 11 is 5.88. The lowest BCUT2D eigenvalue weighted by Gasteiger charge is -2.09. The van der Waals surface area contributed by atoms with Crippen LogP contribution in [0.1, 0.15) is 18.9 Å². The van der Waals surface area contributed by atoms with Crippen LogP contribution in [-0.2, 0) is 16.4 Å². The maximum atomic E-state index is 12.3. The van der Waals surface area contributed by atoms with Gasteiger partial charge in [0.25, 0.3) is 10.0 Å². The molecular formula is C15H17ClN2O2S. The van der Waals surface area contributed by atoms with Crippen LogP contribution in [0.25, 0.3) is 0 Å². The van der Waals surface area contributed by atoms with Gasteiger partial charge in [-0.1, -0.05) is 37.1 Å². The largest absolute Gasteiger partial charge is 0.398 e. The molecule has 6 heteroatoms. The van der Waals surface area contributed by atoms with Gasteiger partial charge in [-0.15, -0.1) is 0 Å². The van der Waals surface area contributed by atoms with Gasteiger partial charge in [0.2, 0.25) is 0 Å². The first kappa shape index (κ1) is 15.7. The number of hydrogen-bond acceptors (Lipinski definition) is 3. The Morgan fingerprint density at radius 2 is 1.81 bits per heavy atom. The number of nitrogen functional groups attached to an aromatic ring is 1. The zero-order valence-electron chi connectivity index (χ0n) is 11.6. The molecule has 2 aromatic rings.